The summed E-state index contributed by atoms with van der Waals surface area (Å²) in [6, 6.07) is 14.0. The molecule has 0 spiro atoms. The van der Waals surface area contributed by atoms with Crippen LogP contribution in [0, 0.1) is 0 Å². The first-order valence-electron chi connectivity index (χ1n) is 5.75. The molecule has 0 fully saturated rings. The predicted molar refractivity (Wildman–Crippen MR) is 67.2 cm³/mol. The summed E-state index contributed by atoms with van der Waals surface area (Å²) in [5.74, 6) is 1.57. The van der Waals surface area contributed by atoms with Gasteiger partial charge < -0.3 is 9.47 Å². The van der Waals surface area contributed by atoms with E-state index in [-0.39, 0.29) is 0 Å². The van der Waals surface area contributed by atoms with Gasteiger partial charge in [-0.3, -0.25) is 0 Å². The van der Waals surface area contributed by atoms with Gasteiger partial charge in [-0.15, -0.1) is 0 Å². The molecule has 3 aromatic rings. The van der Waals surface area contributed by atoms with Gasteiger partial charge >= 0.3 is 0 Å². The maximum Gasteiger partial charge on any atom is 0.231 e. The predicted octanol–water partition coefficient (Wildman–Crippen LogP) is 2.75. The average molecular weight is 238 g/mol. The zero-order valence-electron chi connectivity index (χ0n) is 9.54. The molecule has 1 aliphatic rings. The molecule has 4 rings (SSSR count). The molecule has 18 heavy (non-hydrogen) atoms. The monoisotopic (exact) mass is 238 g/mol. The molecule has 0 bridgehead atoms. The van der Waals surface area contributed by atoms with Crippen molar-refractivity contribution >= 4 is 10.9 Å². The van der Waals surface area contributed by atoms with Gasteiger partial charge in [-0.25, -0.2) is 4.68 Å². The maximum atomic E-state index is 5.40. The Kier molecular flexibility index (Phi) is 1.85. The Morgan fingerprint density at radius 3 is 2.61 bits per heavy atom. The first-order valence-corrected chi connectivity index (χ1v) is 5.75. The standard InChI is InChI=1S/C14H10N2O2/c1-2-4-11(5-3-1)16-12-7-14-13(17-9-18-14)6-10(12)8-15-16/h1-8H,9H2. The minimum atomic E-state index is 0.292. The highest BCUT2D eigenvalue weighted by Gasteiger charge is 2.16. The van der Waals surface area contributed by atoms with Crippen LogP contribution in [0.15, 0.2) is 48.7 Å². The van der Waals surface area contributed by atoms with Gasteiger partial charge in [0.2, 0.25) is 6.79 Å². The fraction of sp³-hybridized carbons (Fsp3) is 0.0714. The molecule has 0 saturated carbocycles. The smallest absolute Gasteiger partial charge is 0.231 e. The summed E-state index contributed by atoms with van der Waals surface area (Å²) in [7, 11) is 0. The van der Waals surface area contributed by atoms with E-state index in [1.807, 2.05) is 53.3 Å². The summed E-state index contributed by atoms with van der Waals surface area (Å²) in [6.07, 6.45) is 1.84. The number of benzene rings is 2. The molecule has 1 aromatic heterocycles. The van der Waals surface area contributed by atoms with Crippen LogP contribution >= 0.6 is 0 Å². The lowest BCUT2D eigenvalue weighted by atomic mass is 10.2. The molecule has 88 valence electrons. The number of rotatable bonds is 1. The number of ether oxygens (including phenoxy) is 2. The van der Waals surface area contributed by atoms with E-state index >= 15 is 0 Å². The van der Waals surface area contributed by atoms with Gasteiger partial charge in [-0.1, -0.05) is 18.2 Å². The number of para-hydroxylation sites is 1. The second-order valence-electron chi connectivity index (χ2n) is 4.16. The van der Waals surface area contributed by atoms with E-state index in [1.165, 1.54) is 0 Å². The van der Waals surface area contributed by atoms with Crippen molar-refractivity contribution in [3.8, 4) is 17.2 Å². The van der Waals surface area contributed by atoms with Crippen LogP contribution in [0.1, 0.15) is 0 Å². The second-order valence-corrected chi connectivity index (χ2v) is 4.16. The van der Waals surface area contributed by atoms with E-state index in [4.69, 9.17) is 9.47 Å². The lowest BCUT2D eigenvalue weighted by molar-refractivity contribution is 0.174. The summed E-state index contributed by atoms with van der Waals surface area (Å²) in [6.45, 7) is 0.292. The highest BCUT2D eigenvalue weighted by molar-refractivity contribution is 5.84. The third-order valence-corrected chi connectivity index (χ3v) is 3.06. The number of aromatic nitrogens is 2. The summed E-state index contributed by atoms with van der Waals surface area (Å²) in [5, 5.41) is 5.46. The number of fused-ring (bicyclic) bond motifs is 2. The van der Waals surface area contributed by atoms with Crippen LogP contribution in [-0.4, -0.2) is 16.6 Å². The summed E-state index contributed by atoms with van der Waals surface area (Å²) < 4.78 is 12.7. The molecule has 4 nitrogen and oxygen atoms in total. The van der Waals surface area contributed by atoms with Crippen LogP contribution in [0.25, 0.3) is 16.6 Å². The van der Waals surface area contributed by atoms with Crippen LogP contribution in [0.2, 0.25) is 0 Å². The summed E-state index contributed by atoms with van der Waals surface area (Å²) in [4.78, 5) is 0. The third kappa shape index (κ3) is 1.29. The molecule has 0 radical (unpaired) electrons. The minimum absolute atomic E-state index is 0.292. The van der Waals surface area contributed by atoms with Crippen LogP contribution in [0.4, 0.5) is 0 Å². The van der Waals surface area contributed by atoms with Crippen molar-refractivity contribution in [2.24, 2.45) is 0 Å². The van der Waals surface area contributed by atoms with Crippen molar-refractivity contribution in [3.05, 3.63) is 48.7 Å². The fourth-order valence-corrected chi connectivity index (χ4v) is 2.19. The summed E-state index contributed by atoms with van der Waals surface area (Å²) >= 11 is 0. The normalized spacial score (nSPS) is 13.1. The molecule has 0 atom stereocenters. The van der Waals surface area contributed by atoms with Gasteiger partial charge in [0, 0.05) is 11.5 Å². The SMILES string of the molecule is c1ccc(-n2ncc3cc4c(cc32)OCO4)cc1. The first-order chi connectivity index (χ1) is 8.92. The Morgan fingerprint density at radius 2 is 1.78 bits per heavy atom. The van der Waals surface area contributed by atoms with Crippen LogP contribution in [0.5, 0.6) is 11.5 Å². The lowest BCUT2D eigenvalue weighted by Gasteiger charge is -2.03. The van der Waals surface area contributed by atoms with Gasteiger partial charge in [0.05, 0.1) is 17.4 Å². The van der Waals surface area contributed by atoms with Crippen molar-refractivity contribution < 1.29 is 9.47 Å². The Labute approximate surface area is 103 Å². The van der Waals surface area contributed by atoms with Gasteiger partial charge in [-0.05, 0) is 18.2 Å². The molecule has 2 heterocycles. The molecule has 2 aromatic carbocycles. The highest BCUT2D eigenvalue weighted by Crippen LogP contribution is 2.36. The van der Waals surface area contributed by atoms with E-state index in [9.17, 15) is 0 Å². The second kappa shape index (κ2) is 3.50. The molecule has 0 aliphatic carbocycles. The molecule has 0 saturated heterocycles. The Balaban J connectivity index is 1.98. The lowest BCUT2D eigenvalue weighted by Crippen LogP contribution is -1.95. The average Bonchev–Trinajstić information content (AvgIpc) is 3.02. The topological polar surface area (TPSA) is 36.3 Å². The minimum Gasteiger partial charge on any atom is -0.454 e. The molecule has 1 aliphatic heterocycles. The first kappa shape index (κ1) is 9.53. The molecule has 0 N–H and O–H groups in total. The van der Waals surface area contributed by atoms with Gasteiger partial charge in [0.1, 0.15) is 0 Å². The van der Waals surface area contributed by atoms with Crippen LogP contribution < -0.4 is 9.47 Å². The molecule has 0 unspecified atom stereocenters. The number of nitrogens with zero attached hydrogens (tertiary/aromatic N) is 2. The Bertz CT molecular complexity index is 719. The van der Waals surface area contributed by atoms with E-state index in [0.717, 1.165) is 28.1 Å². The molecule has 4 heteroatoms. The van der Waals surface area contributed by atoms with Crippen molar-refractivity contribution in [2.75, 3.05) is 6.79 Å². The van der Waals surface area contributed by atoms with E-state index in [0.29, 0.717) is 6.79 Å². The van der Waals surface area contributed by atoms with E-state index in [1.54, 1.807) is 0 Å². The Morgan fingerprint density at radius 1 is 1.00 bits per heavy atom. The van der Waals surface area contributed by atoms with E-state index in [2.05, 4.69) is 5.10 Å². The van der Waals surface area contributed by atoms with Crippen molar-refractivity contribution in [1.29, 1.82) is 0 Å². The third-order valence-electron chi connectivity index (χ3n) is 3.06. The maximum absolute atomic E-state index is 5.40. The zero-order chi connectivity index (χ0) is 11.9. The summed E-state index contributed by atoms with van der Waals surface area (Å²) in [5.41, 5.74) is 2.05. The largest absolute Gasteiger partial charge is 0.454 e. The number of hydrogen-bond acceptors (Lipinski definition) is 3. The zero-order valence-corrected chi connectivity index (χ0v) is 9.54. The van der Waals surface area contributed by atoms with Crippen molar-refractivity contribution in [1.82, 2.24) is 9.78 Å². The molecular weight excluding hydrogens is 228 g/mol. The molecule has 0 amide bonds. The van der Waals surface area contributed by atoms with Gasteiger partial charge in [0.15, 0.2) is 11.5 Å². The number of hydrogen-bond donors (Lipinski definition) is 0. The van der Waals surface area contributed by atoms with Crippen molar-refractivity contribution in [2.45, 2.75) is 0 Å². The fourth-order valence-electron chi connectivity index (χ4n) is 2.19. The van der Waals surface area contributed by atoms with E-state index < -0.39 is 0 Å². The van der Waals surface area contributed by atoms with Gasteiger partial charge in [-0.2, -0.15) is 5.10 Å². The van der Waals surface area contributed by atoms with Crippen LogP contribution in [-0.2, 0) is 0 Å². The van der Waals surface area contributed by atoms with Gasteiger partial charge in [0.25, 0.3) is 0 Å². The van der Waals surface area contributed by atoms with Crippen molar-refractivity contribution in [3.63, 3.8) is 0 Å². The van der Waals surface area contributed by atoms with Crippen LogP contribution in [0.3, 0.4) is 0 Å². The highest BCUT2D eigenvalue weighted by atomic mass is 16.7. The Hall–Kier alpha value is -2.49. The quantitative estimate of drug-likeness (QED) is 0.654. The molecular formula is C14H10N2O2.